The molecule has 0 saturated carbocycles. The molecular formula is C12H18FO2P. The van der Waals surface area contributed by atoms with Gasteiger partial charge in [-0.2, -0.15) is 0 Å². The Labute approximate surface area is 98.3 Å². The van der Waals surface area contributed by atoms with Crippen LogP contribution in [0.25, 0.3) is 0 Å². The van der Waals surface area contributed by atoms with Gasteiger partial charge in [0.1, 0.15) is 11.7 Å². The van der Waals surface area contributed by atoms with Crippen LogP contribution in [0.2, 0.25) is 0 Å². The number of alkyl halides is 1. The lowest BCUT2D eigenvalue weighted by molar-refractivity contribution is -0.0766. The summed E-state index contributed by atoms with van der Waals surface area (Å²) in [7, 11) is 2.12. The fourth-order valence-electron chi connectivity index (χ4n) is 1.30. The molecule has 1 rings (SSSR count). The van der Waals surface area contributed by atoms with Gasteiger partial charge in [0.15, 0.2) is 6.29 Å². The molecule has 0 aliphatic rings. The van der Waals surface area contributed by atoms with Crippen LogP contribution in [0, 0.1) is 0 Å². The van der Waals surface area contributed by atoms with E-state index < -0.39 is 5.91 Å². The van der Waals surface area contributed by atoms with E-state index in [2.05, 4.69) is 9.24 Å². The van der Waals surface area contributed by atoms with Gasteiger partial charge in [-0.15, -0.1) is 0 Å². The molecule has 3 unspecified atom stereocenters. The minimum atomic E-state index is -1.03. The van der Waals surface area contributed by atoms with Crippen molar-refractivity contribution in [2.24, 2.45) is 0 Å². The van der Waals surface area contributed by atoms with Gasteiger partial charge >= 0.3 is 0 Å². The molecule has 0 aromatic heterocycles. The first-order valence-electron chi connectivity index (χ1n) is 5.45. The first-order chi connectivity index (χ1) is 7.67. The van der Waals surface area contributed by atoms with E-state index in [1.165, 1.54) is 0 Å². The van der Waals surface area contributed by atoms with Crippen LogP contribution in [0.15, 0.2) is 24.3 Å². The zero-order chi connectivity index (χ0) is 12.0. The average molecular weight is 244 g/mol. The quantitative estimate of drug-likeness (QED) is 0.561. The summed E-state index contributed by atoms with van der Waals surface area (Å²) in [6, 6.07) is 6.94. The van der Waals surface area contributed by atoms with Crippen molar-refractivity contribution in [1.29, 1.82) is 0 Å². The molecule has 0 aliphatic heterocycles. The summed E-state index contributed by atoms with van der Waals surface area (Å²) in [6.45, 7) is 4.54. The van der Waals surface area contributed by atoms with E-state index in [0.29, 0.717) is 17.9 Å². The van der Waals surface area contributed by atoms with E-state index >= 15 is 0 Å². The maximum Gasteiger partial charge on any atom is 0.199 e. The van der Waals surface area contributed by atoms with Gasteiger partial charge in [0.05, 0.1) is 0 Å². The minimum Gasteiger partial charge on any atom is -0.465 e. The molecule has 0 saturated heterocycles. The lowest BCUT2D eigenvalue weighted by Gasteiger charge is -2.17. The zero-order valence-corrected chi connectivity index (χ0v) is 10.8. The van der Waals surface area contributed by atoms with Crippen LogP contribution >= 0.6 is 9.24 Å². The second kappa shape index (κ2) is 6.82. The number of rotatable bonds is 6. The highest BCUT2D eigenvalue weighted by atomic mass is 31.0. The molecule has 0 radical (unpaired) electrons. The van der Waals surface area contributed by atoms with Crippen molar-refractivity contribution in [2.45, 2.75) is 32.5 Å². The van der Waals surface area contributed by atoms with E-state index in [4.69, 9.17) is 9.47 Å². The number of ether oxygens (including phenoxy) is 2. The Morgan fingerprint density at radius 1 is 1.25 bits per heavy atom. The fraction of sp³-hybridized carbons (Fsp3) is 0.500. The molecule has 2 nitrogen and oxygen atoms in total. The maximum atomic E-state index is 12.9. The number of halogens is 1. The van der Waals surface area contributed by atoms with Crippen molar-refractivity contribution in [3.63, 3.8) is 0 Å². The van der Waals surface area contributed by atoms with Gasteiger partial charge in [0, 0.05) is 13.0 Å². The van der Waals surface area contributed by atoms with E-state index in [1.807, 2.05) is 13.8 Å². The zero-order valence-electron chi connectivity index (χ0n) is 9.65. The van der Waals surface area contributed by atoms with Gasteiger partial charge in [-0.05, 0) is 24.6 Å². The fourth-order valence-corrected chi connectivity index (χ4v) is 1.53. The monoisotopic (exact) mass is 244 g/mol. The summed E-state index contributed by atoms with van der Waals surface area (Å²) < 4.78 is 23.9. The standard InChI is InChI=1S/C12H18FO2P/c1-3-11(14-4-2)15-10-7-5-9(6-8-10)12(13)16/h5-8,11-12H,3-4,16H2,1-2H3. The minimum absolute atomic E-state index is 0.229. The second-order valence-electron chi connectivity index (χ2n) is 3.38. The van der Waals surface area contributed by atoms with Crippen LogP contribution in [0.1, 0.15) is 31.7 Å². The van der Waals surface area contributed by atoms with Gasteiger partial charge in [0.25, 0.3) is 0 Å². The van der Waals surface area contributed by atoms with Crippen molar-refractivity contribution in [3.05, 3.63) is 29.8 Å². The van der Waals surface area contributed by atoms with Crippen LogP contribution in [0.3, 0.4) is 0 Å². The Kier molecular flexibility index (Phi) is 5.72. The molecular weight excluding hydrogens is 226 g/mol. The average Bonchev–Trinajstić information content (AvgIpc) is 2.29. The topological polar surface area (TPSA) is 18.5 Å². The first-order valence-corrected chi connectivity index (χ1v) is 6.11. The molecule has 1 aromatic carbocycles. The Morgan fingerprint density at radius 2 is 1.88 bits per heavy atom. The van der Waals surface area contributed by atoms with Crippen LogP contribution in [0.5, 0.6) is 5.75 Å². The second-order valence-corrected chi connectivity index (χ2v) is 3.97. The van der Waals surface area contributed by atoms with Gasteiger partial charge < -0.3 is 9.47 Å². The van der Waals surface area contributed by atoms with Gasteiger partial charge in [0.2, 0.25) is 0 Å². The molecule has 16 heavy (non-hydrogen) atoms. The van der Waals surface area contributed by atoms with Gasteiger partial charge in [-0.1, -0.05) is 28.3 Å². The summed E-state index contributed by atoms with van der Waals surface area (Å²) >= 11 is 0. The Morgan fingerprint density at radius 3 is 2.31 bits per heavy atom. The van der Waals surface area contributed by atoms with Gasteiger partial charge in [-0.25, -0.2) is 4.39 Å². The van der Waals surface area contributed by atoms with Gasteiger partial charge in [-0.3, -0.25) is 0 Å². The molecule has 0 bridgehead atoms. The molecule has 90 valence electrons. The summed E-state index contributed by atoms with van der Waals surface area (Å²) in [5, 5.41) is 0. The molecule has 0 aliphatic carbocycles. The molecule has 0 heterocycles. The first kappa shape index (κ1) is 13.4. The van der Waals surface area contributed by atoms with E-state index in [0.717, 1.165) is 6.42 Å². The van der Waals surface area contributed by atoms with Crippen molar-refractivity contribution in [2.75, 3.05) is 6.61 Å². The molecule has 0 spiro atoms. The van der Waals surface area contributed by atoms with Crippen molar-refractivity contribution < 1.29 is 13.9 Å². The Bertz CT molecular complexity index is 300. The van der Waals surface area contributed by atoms with Crippen LogP contribution in [-0.4, -0.2) is 12.9 Å². The van der Waals surface area contributed by atoms with Crippen LogP contribution in [0.4, 0.5) is 4.39 Å². The highest BCUT2D eigenvalue weighted by molar-refractivity contribution is 7.16. The lowest BCUT2D eigenvalue weighted by Crippen LogP contribution is -2.19. The number of benzene rings is 1. The smallest absolute Gasteiger partial charge is 0.199 e. The molecule has 1 aromatic rings. The van der Waals surface area contributed by atoms with Crippen molar-refractivity contribution in [1.82, 2.24) is 0 Å². The Hall–Kier alpha value is -0.660. The largest absolute Gasteiger partial charge is 0.465 e. The highest BCUT2D eigenvalue weighted by Crippen LogP contribution is 2.26. The summed E-state index contributed by atoms with van der Waals surface area (Å²) in [5.74, 6) is -0.322. The third-order valence-corrected chi connectivity index (χ3v) is 2.54. The predicted octanol–water partition coefficient (Wildman–Crippen LogP) is 3.68. The summed E-state index contributed by atoms with van der Waals surface area (Å²) in [5.41, 5.74) is 0.627. The maximum absolute atomic E-state index is 12.9. The van der Waals surface area contributed by atoms with Crippen LogP contribution < -0.4 is 4.74 Å². The SMILES string of the molecule is CCOC(CC)Oc1ccc(C(F)P)cc1. The summed E-state index contributed by atoms with van der Waals surface area (Å²) in [4.78, 5) is 0. The van der Waals surface area contributed by atoms with Crippen LogP contribution in [-0.2, 0) is 4.74 Å². The number of hydrogen-bond acceptors (Lipinski definition) is 2. The molecule has 4 heteroatoms. The van der Waals surface area contributed by atoms with E-state index in [-0.39, 0.29) is 6.29 Å². The Balaban J connectivity index is 2.60. The number of hydrogen-bond donors (Lipinski definition) is 0. The molecule has 0 N–H and O–H groups in total. The van der Waals surface area contributed by atoms with E-state index in [1.54, 1.807) is 24.3 Å². The molecule has 0 amide bonds. The third-order valence-electron chi connectivity index (χ3n) is 2.15. The summed E-state index contributed by atoms with van der Waals surface area (Å²) in [6.07, 6.45) is 0.554. The third kappa shape index (κ3) is 4.07. The normalized spacial score (nSPS) is 14.5. The lowest BCUT2D eigenvalue weighted by atomic mass is 10.2. The molecule has 3 atom stereocenters. The molecule has 0 fully saturated rings. The predicted molar refractivity (Wildman–Crippen MR) is 66.3 cm³/mol. The van der Waals surface area contributed by atoms with E-state index in [9.17, 15) is 4.39 Å². The van der Waals surface area contributed by atoms with Crippen molar-refractivity contribution in [3.8, 4) is 5.75 Å². The highest BCUT2D eigenvalue weighted by Gasteiger charge is 2.08. The van der Waals surface area contributed by atoms with Crippen molar-refractivity contribution >= 4 is 9.24 Å².